The lowest BCUT2D eigenvalue weighted by Crippen LogP contribution is -2.47. The highest BCUT2D eigenvalue weighted by molar-refractivity contribution is 5.84. The molecular formula is C24H30N2O5. The molecule has 7 heteroatoms. The van der Waals surface area contributed by atoms with Crippen molar-refractivity contribution in [1.82, 2.24) is 9.80 Å². The van der Waals surface area contributed by atoms with Gasteiger partial charge in [0, 0.05) is 49.1 Å². The van der Waals surface area contributed by atoms with Gasteiger partial charge in [0.15, 0.2) is 6.10 Å². The lowest BCUT2D eigenvalue weighted by atomic mass is 9.95. The van der Waals surface area contributed by atoms with Crippen molar-refractivity contribution in [3.05, 3.63) is 39.7 Å². The lowest BCUT2D eigenvalue weighted by Gasteiger charge is -2.34. The molecule has 1 atom stereocenters. The minimum atomic E-state index is -0.665. The van der Waals surface area contributed by atoms with Crippen LogP contribution in [0.1, 0.15) is 43.7 Å². The summed E-state index contributed by atoms with van der Waals surface area (Å²) in [5.41, 5.74) is 1.56. The number of hydrogen-bond donors (Lipinski definition) is 0. The molecule has 4 rings (SSSR count). The number of rotatable bonds is 4. The maximum Gasteiger partial charge on any atom is 0.339 e. The molecule has 0 radical (unpaired) electrons. The Kier molecular flexibility index (Phi) is 6.03. The summed E-state index contributed by atoms with van der Waals surface area (Å²) in [4.78, 5) is 41.2. The Morgan fingerprint density at radius 2 is 1.71 bits per heavy atom. The van der Waals surface area contributed by atoms with Gasteiger partial charge in [0.05, 0.1) is 0 Å². The largest absolute Gasteiger partial charge is 0.481 e. The summed E-state index contributed by atoms with van der Waals surface area (Å²) < 4.78 is 11.3. The molecule has 2 aromatic rings. The van der Waals surface area contributed by atoms with E-state index >= 15 is 0 Å². The number of fused-ring (bicyclic) bond motifs is 1. The van der Waals surface area contributed by atoms with Gasteiger partial charge in [-0.05, 0) is 64.2 Å². The van der Waals surface area contributed by atoms with Crippen LogP contribution in [0.25, 0.3) is 11.0 Å². The van der Waals surface area contributed by atoms with Gasteiger partial charge in [-0.25, -0.2) is 4.79 Å². The van der Waals surface area contributed by atoms with Crippen LogP contribution >= 0.6 is 0 Å². The molecule has 31 heavy (non-hydrogen) atoms. The van der Waals surface area contributed by atoms with E-state index in [2.05, 4.69) is 0 Å². The van der Waals surface area contributed by atoms with E-state index in [9.17, 15) is 14.4 Å². The van der Waals surface area contributed by atoms with Crippen molar-refractivity contribution in [3.8, 4) is 5.75 Å². The standard InChI is InChI=1S/C24H30N2O5/c1-15-16(2)24(29)31-21-14-19(6-7-20(15)21)30-17(3)22(27)26-12-8-18(9-13-26)23(28)25-10-4-5-11-25/h6-7,14,17-18H,4-5,8-13H2,1-3H3. The third-order valence-corrected chi connectivity index (χ3v) is 6.66. The average Bonchev–Trinajstić information content (AvgIpc) is 3.31. The Labute approximate surface area is 181 Å². The predicted molar refractivity (Wildman–Crippen MR) is 117 cm³/mol. The topological polar surface area (TPSA) is 80.1 Å². The summed E-state index contributed by atoms with van der Waals surface area (Å²) in [6.07, 6.45) is 2.92. The SMILES string of the molecule is Cc1c(C)c2ccc(OC(C)C(=O)N3CCC(C(=O)N4CCCC4)CC3)cc2oc1=O. The molecule has 3 heterocycles. The zero-order chi connectivity index (χ0) is 22.1. The van der Waals surface area contributed by atoms with E-state index in [1.54, 1.807) is 30.9 Å². The van der Waals surface area contributed by atoms with Gasteiger partial charge in [-0.1, -0.05) is 0 Å². The van der Waals surface area contributed by atoms with Crippen molar-refractivity contribution in [3.63, 3.8) is 0 Å². The zero-order valence-electron chi connectivity index (χ0n) is 18.5. The molecule has 2 aliphatic rings. The van der Waals surface area contributed by atoms with Gasteiger partial charge in [0.25, 0.3) is 5.91 Å². The van der Waals surface area contributed by atoms with E-state index in [1.165, 1.54) is 0 Å². The predicted octanol–water partition coefficient (Wildman–Crippen LogP) is 3.04. The van der Waals surface area contributed by atoms with E-state index < -0.39 is 6.10 Å². The number of benzene rings is 1. The van der Waals surface area contributed by atoms with E-state index in [0.29, 0.717) is 42.8 Å². The first-order chi connectivity index (χ1) is 14.8. The maximum absolute atomic E-state index is 12.9. The van der Waals surface area contributed by atoms with Crippen molar-refractivity contribution in [2.45, 2.75) is 52.6 Å². The smallest absolute Gasteiger partial charge is 0.339 e. The Bertz CT molecular complexity index is 1050. The number of carbonyl (C=O) groups is 2. The van der Waals surface area contributed by atoms with Gasteiger partial charge in [-0.2, -0.15) is 0 Å². The first kappa shape index (κ1) is 21.4. The molecule has 2 fully saturated rings. The molecule has 1 aromatic heterocycles. The van der Waals surface area contributed by atoms with Crippen LogP contribution in [0.15, 0.2) is 27.4 Å². The van der Waals surface area contributed by atoms with Gasteiger partial charge >= 0.3 is 5.63 Å². The quantitative estimate of drug-likeness (QED) is 0.702. The molecular weight excluding hydrogens is 396 g/mol. The van der Waals surface area contributed by atoms with Gasteiger partial charge in [0.1, 0.15) is 11.3 Å². The molecule has 2 saturated heterocycles. The summed E-state index contributed by atoms with van der Waals surface area (Å²) in [5, 5.41) is 0.855. The minimum Gasteiger partial charge on any atom is -0.481 e. The highest BCUT2D eigenvalue weighted by atomic mass is 16.5. The van der Waals surface area contributed by atoms with E-state index in [1.807, 2.05) is 17.9 Å². The molecule has 166 valence electrons. The molecule has 2 aliphatic heterocycles. The third kappa shape index (κ3) is 4.31. The molecule has 2 amide bonds. The second-order valence-electron chi connectivity index (χ2n) is 8.69. The first-order valence-corrected chi connectivity index (χ1v) is 11.1. The van der Waals surface area contributed by atoms with Crippen molar-refractivity contribution in [2.24, 2.45) is 5.92 Å². The molecule has 1 aromatic carbocycles. The van der Waals surface area contributed by atoms with Gasteiger partial charge in [0.2, 0.25) is 5.91 Å². The first-order valence-electron chi connectivity index (χ1n) is 11.1. The van der Waals surface area contributed by atoms with Crippen LogP contribution in [0.4, 0.5) is 0 Å². The van der Waals surface area contributed by atoms with Crippen LogP contribution in [0.5, 0.6) is 5.75 Å². The number of likely N-dealkylation sites (tertiary alicyclic amines) is 2. The second-order valence-corrected chi connectivity index (χ2v) is 8.69. The number of amides is 2. The Balaban J connectivity index is 1.37. The van der Waals surface area contributed by atoms with Crippen LogP contribution < -0.4 is 10.4 Å². The van der Waals surface area contributed by atoms with E-state index in [0.717, 1.165) is 36.9 Å². The Hall–Kier alpha value is -2.83. The monoisotopic (exact) mass is 426 g/mol. The fraction of sp³-hybridized carbons (Fsp3) is 0.542. The van der Waals surface area contributed by atoms with Crippen LogP contribution in [0.2, 0.25) is 0 Å². The zero-order valence-corrected chi connectivity index (χ0v) is 18.5. The summed E-state index contributed by atoms with van der Waals surface area (Å²) in [5.74, 6) is 0.665. The number of hydrogen-bond acceptors (Lipinski definition) is 5. The average molecular weight is 427 g/mol. The molecule has 0 N–H and O–H groups in total. The molecule has 7 nitrogen and oxygen atoms in total. The third-order valence-electron chi connectivity index (χ3n) is 6.66. The van der Waals surface area contributed by atoms with Gasteiger partial charge in [-0.15, -0.1) is 0 Å². The molecule has 0 bridgehead atoms. The lowest BCUT2D eigenvalue weighted by molar-refractivity contribution is -0.143. The van der Waals surface area contributed by atoms with Crippen molar-refractivity contribution >= 4 is 22.8 Å². The van der Waals surface area contributed by atoms with Gasteiger partial charge < -0.3 is 19.0 Å². The number of nitrogens with zero attached hydrogens (tertiary/aromatic N) is 2. The molecule has 0 saturated carbocycles. The second kappa shape index (κ2) is 8.73. The minimum absolute atomic E-state index is 0.0217. The number of piperidine rings is 1. The highest BCUT2D eigenvalue weighted by Gasteiger charge is 2.32. The Morgan fingerprint density at radius 1 is 1.03 bits per heavy atom. The highest BCUT2D eigenvalue weighted by Crippen LogP contribution is 2.26. The van der Waals surface area contributed by atoms with Crippen molar-refractivity contribution in [1.29, 1.82) is 0 Å². The van der Waals surface area contributed by atoms with Gasteiger partial charge in [-0.3, -0.25) is 9.59 Å². The summed E-state index contributed by atoms with van der Waals surface area (Å²) in [7, 11) is 0. The summed E-state index contributed by atoms with van der Waals surface area (Å²) in [6, 6.07) is 5.30. The summed E-state index contributed by atoms with van der Waals surface area (Å²) in [6.45, 7) is 8.24. The fourth-order valence-electron chi connectivity index (χ4n) is 4.56. The summed E-state index contributed by atoms with van der Waals surface area (Å²) >= 11 is 0. The molecule has 1 unspecified atom stereocenters. The van der Waals surface area contributed by atoms with Crippen molar-refractivity contribution in [2.75, 3.05) is 26.2 Å². The molecule has 0 aliphatic carbocycles. The number of aryl methyl sites for hydroxylation is 1. The van der Waals surface area contributed by atoms with Crippen LogP contribution in [-0.2, 0) is 9.59 Å². The van der Waals surface area contributed by atoms with Crippen LogP contribution in [-0.4, -0.2) is 53.9 Å². The normalized spacial score (nSPS) is 18.4. The molecule has 0 spiro atoms. The van der Waals surface area contributed by atoms with Crippen LogP contribution in [0, 0.1) is 19.8 Å². The van der Waals surface area contributed by atoms with Crippen LogP contribution in [0.3, 0.4) is 0 Å². The van der Waals surface area contributed by atoms with E-state index in [4.69, 9.17) is 9.15 Å². The van der Waals surface area contributed by atoms with E-state index in [-0.39, 0.29) is 23.4 Å². The number of ether oxygens (including phenoxy) is 1. The fourth-order valence-corrected chi connectivity index (χ4v) is 4.56. The Morgan fingerprint density at radius 3 is 2.39 bits per heavy atom. The van der Waals surface area contributed by atoms with Crippen molar-refractivity contribution < 1.29 is 18.7 Å². The number of carbonyl (C=O) groups excluding carboxylic acids is 2. The maximum atomic E-state index is 12.9.